The summed E-state index contributed by atoms with van der Waals surface area (Å²) in [6, 6.07) is 0. The van der Waals surface area contributed by atoms with Crippen molar-refractivity contribution < 1.29 is 9.53 Å². The molecule has 3 aliphatic rings. The molecule has 2 unspecified atom stereocenters. The van der Waals surface area contributed by atoms with Crippen LogP contribution in [0.3, 0.4) is 0 Å². The first kappa shape index (κ1) is 14.3. The van der Waals surface area contributed by atoms with Gasteiger partial charge in [-0.2, -0.15) is 0 Å². The number of nitrogens with one attached hydrogen (secondary N) is 1. The average Bonchev–Trinajstić information content (AvgIpc) is 3.02. The Morgan fingerprint density at radius 2 is 2.05 bits per heavy atom. The van der Waals surface area contributed by atoms with Gasteiger partial charge in [0.15, 0.2) is 0 Å². The maximum absolute atomic E-state index is 12.9. The molecule has 2 saturated heterocycles. The predicted octanol–water partition coefficient (Wildman–Crippen LogP) is 2.28. The lowest BCUT2D eigenvalue weighted by molar-refractivity contribution is -0.136. The van der Waals surface area contributed by atoms with Crippen molar-refractivity contribution >= 4 is 5.91 Å². The number of amides is 1. The van der Waals surface area contributed by atoms with Crippen LogP contribution >= 0.6 is 0 Å². The van der Waals surface area contributed by atoms with E-state index in [1.54, 1.807) is 0 Å². The van der Waals surface area contributed by atoms with Crippen molar-refractivity contribution in [2.75, 3.05) is 13.2 Å². The lowest BCUT2D eigenvalue weighted by atomic mass is 9.97. The fraction of sp³-hybridized carbons (Fsp3) is 0.938. The Bertz CT molecular complexity index is 357. The predicted molar refractivity (Wildman–Crippen MR) is 78.3 cm³/mol. The van der Waals surface area contributed by atoms with Gasteiger partial charge in [-0.3, -0.25) is 10.1 Å². The second-order valence-electron chi connectivity index (χ2n) is 7.07. The van der Waals surface area contributed by atoms with E-state index < -0.39 is 0 Å². The molecule has 2 atom stereocenters. The Morgan fingerprint density at radius 3 is 2.65 bits per heavy atom. The van der Waals surface area contributed by atoms with E-state index in [2.05, 4.69) is 24.1 Å². The molecule has 2 heterocycles. The van der Waals surface area contributed by atoms with Gasteiger partial charge in [-0.25, -0.2) is 0 Å². The fourth-order valence-corrected chi connectivity index (χ4v) is 4.05. The zero-order valence-electron chi connectivity index (χ0n) is 12.9. The Kier molecular flexibility index (Phi) is 4.04. The first-order chi connectivity index (χ1) is 9.62. The van der Waals surface area contributed by atoms with Gasteiger partial charge in [0.1, 0.15) is 0 Å². The van der Waals surface area contributed by atoms with Crippen molar-refractivity contribution in [2.24, 2.45) is 5.92 Å². The highest BCUT2D eigenvalue weighted by atomic mass is 16.5. The molecule has 0 aromatic rings. The summed E-state index contributed by atoms with van der Waals surface area (Å²) in [5, 5.41) is 3.68. The smallest absolute Gasteiger partial charge is 0.244 e. The largest absolute Gasteiger partial charge is 0.376 e. The van der Waals surface area contributed by atoms with E-state index in [1.807, 2.05) is 0 Å². The Balaban J connectivity index is 1.73. The van der Waals surface area contributed by atoms with Crippen molar-refractivity contribution in [3.8, 4) is 0 Å². The molecule has 2 aliphatic heterocycles. The standard InChI is InChI=1S/C16H28N2O2/c1-12(2)14-17-16(8-4-5-9-16)15(19)18(14)11-13-7-3-6-10-20-13/h12-14,17H,3-11H2,1-2H3. The van der Waals surface area contributed by atoms with Gasteiger partial charge in [0, 0.05) is 13.2 Å². The van der Waals surface area contributed by atoms with Gasteiger partial charge in [-0.15, -0.1) is 0 Å². The summed E-state index contributed by atoms with van der Waals surface area (Å²) in [6.45, 7) is 6.04. The minimum atomic E-state index is -0.246. The van der Waals surface area contributed by atoms with E-state index >= 15 is 0 Å². The van der Waals surface area contributed by atoms with Crippen molar-refractivity contribution in [1.82, 2.24) is 10.2 Å². The van der Waals surface area contributed by atoms with E-state index in [0.29, 0.717) is 11.8 Å². The van der Waals surface area contributed by atoms with Crippen molar-refractivity contribution in [3.05, 3.63) is 0 Å². The van der Waals surface area contributed by atoms with Crippen LogP contribution < -0.4 is 5.32 Å². The molecule has 1 N–H and O–H groups in total. The van der Waals surface area contributed by atoms with Crippen LogP contribution in [0.5, 0.6) is 0 Å². The van der Waals surface area contributed by atoms with Crippen LogP contribution in [0.4, 0.5) is 0 Å². The minimum Gasteiger partial charge on any atom is -0.376 e. The van der Waals surface area contributed by atoms with Crippen LogP contribution in [0.1, 0.15) is 58.8 Å². The molecular weight excluding hydrogens is 252 g/mol. The molecule has 0 aromatic carbocycles. The molecule has 0 radical (unpaired) electrons. The van der Waals surface area contributed by atoms with Crippen molar-refractivity contribution in [2.45, 2.75) is 76.6 Å². The molecule has 3 rings (SSSR count). The summed E-state index contributed by atoms with van der Waals surface area (Å²) in [7, 11) is 0. The van der Waals surface area contributed by atoms with Gasteiger partial charge >= 0.3 is 0 Å². The molecule has 114 valence electrons. The molecule has 20 heavy (non-hydrogen) atoms. The van der Waals surface area contributed by atoms with Crippen molar-refractivity contribution in [1.29, 1.82) is 0 Å². The number of hydrogen-bond donors (Lipinski definition) is 1. The number of hydrogen-bond acceptors (Lipinski definition) is 3. The summed E-state index contributed by atoms with van der Waals surface area (Å²) in [5.74, 6) is 0.783. The topological polar surface area (TPSA) is 41.6 Å². The Hall–Kier alpha value is -0.610. The van der Waals surface area contributed by atoms with Gasteiger partial charge < -0.3 is 9.64 Å². The summed E-state index contributed by atoms with van der Waals surface area (Å²) >= 11 is 0. The molecule has 1 amide bonds. The molecular formula is C16H28N2O2. The molecule has 0 bridgehead atoms. The van der Waals surface area contributed by atoms with E-state index in [4.69, 9.17) is 4.74 Å². The zero-order valence-corrected chi connectivity index (χ0v) is 12.9. The monoisotopic (exact) mass is 280 g/mol. The van der Waals surface area contributed by atoms with Gasteiger partial charge in [0.25, 0.3) is 0 Å². The highest BCUT2D eigenvalue weighted by Crippen LogP contribution is 2.38. The quantitative estimate of drug-likeness (QED) is 0.862. The molecule has 1 spiro atoms. The maximum Gasteiger partial charge on any atom is 0.244 e. The third-order valence-electron chi connectivity index (χ3n) is 5.19. The molecule has 1 aliphatic carbocycles. The molecule has 4 heteroatoms. The first-order valence-corrected chi connectivity index (χ1v) is 8.33. The van der Waals surface area contributed by atoms with Gasteiger partial charge in [-0.05, 0) is 38.0 Å². The number of nitrogens with zero attached hydrogens (tertiary/aromatic N) is 1. The van der Waals surface area contributed by atoms with Gasteiger partial charge in [-0.1, -0.05) is 26.7 Å². The number of rotatable bonds is 3. The maximum atomic E-state index is 12.9. The third-order valence-corrected chi connectivity index (χ3v) is 5.19. The van der Waals surface area contributed by atoms with E-state index in [0.717, 1.165) is 32.4 Å². The fourth-order valence-electron chi connectivity index (χ4n) is 4.05. The van der Waals surface area contributed by atoms with Crippen LogP contribution in [-0.4, -0.2) is 41.8 Å². The summed E-state index contributed by atoms with van der Waals surface area (Å²) in [6.07, 6.45) is 8.31. The second-order valence-corrected chi connectivity index (χ2v) is 7.07. The van der Waals surface area contributed by atoms with Crippen molar-refractivity contribution in [3.63, 3.8) is 0 Å². The number of ether oxygens (including phenoxy) is 1. The summed E-state index contributed by atoms with van der Waals surface area (Å²) < 4.78 is 5.85. The number of carbonyl (C=O) groups is 1. The number of carbonyl (C=O) groups excluding carboxylic acids is 1. The van der Waals surface area contributed by atoms with Crippen LogP contribution in [-0.2, 0) is 9.53 Å². The second kappa shape index (κ2) is 5.64. The van der Waals surface area contributed by atoms with Gasteiger partial charge in [0.05, 0.1) is 17.8 Å². The Morgan fingerprint density at radius 1 is 1.30 bits per heavy atom. The van der Waals surface area contributed by atoms with E-state index in [9.17, 15) is 4.79 Å². The summed E-state index contributed by atoms with van der Waals surface area (Å²) in [4.78, 5) is 15.0. The van der Waals surface area contributed by atoms with Gasteiger partial charge in [0.2, 0.25) is 5.91 Å². The lowest BCUT2D eigenvalue weighted by Crippen LogP contribution is -2.46. The van der Waals surface area contributed by atoms with Crippen LogP contribution in [0, 0.1) is 5.92 Å². The van der Waals surface area contributed by atoms with Crippen LogP contribution in [0.15, 0.2) is 0 Å². The highest BCUT2D eigenvalue weighted by molar-refractivity contribution is 5.89. The minimum absolute atomic E-state index is 0.186. The third kappa shape index (κ3) is 2.48. The highest BCUT2D eigenvalue weighted by Gasteiger charge is 2.53. The van der Waals surface area contributed by atoms with E-state index in [-0.39, 0.29) is 17.8 Å². The zero-order chi connectivity index (χ0) is 14.2. The lowest BCUT2D eigenvalue weighted by Gasteiger charge is -2.32. The summed E-state index contributed by atoms with van der Waals surface area (Å²) in [5.41, 5.74) is -0.246. The van der Waals surface area contributed by atoms with Crippen LogP contribution in [0.2, 0.25) is 0 Å². The Labute approximate surface area is 122 Å². The molecule has 1 saturated carbocycles. The molecule has 3 fully saturated rings. The van der Waals surface area contributed by atoms with E-state index in [1.165, 1.54) is 25.7 Å². The van der Waals surface area contributed by atoms with Crippen LogP contribution in [0.25, 0.3) is 0 Å². The molecule has 4 nitrogen and oxygen atoms in total. The first-order valence-electron chi connectivity index (χ1n) is 8.33. The molecule has 0 aromatic heterocycles. The average molecular weight is 280 g/mol. The SMILES string of the molecule is CC(C)C1NC2(CCCC2)C(=O)N1CC1CCCCO1. The normalized spacial score (nSPS) is 33.5.